The van der Waals surface area contributed by atoms with Gasteiger partial charge < -0.3 is 4.74 Å². The maximum atomic E-state index is 14.0. The first kappa shape index (κ1) is 20.3. The van der Waals surface area contributed by atoms with Gasteiger partial charge in [0, 0.05) is 11.5 Å². The van der Waals surface area contributed by atoms with Gasteiger partial charge in [-0.15, -0.1) is 0 Å². The van der Waals surface area contributed by atoms with Crippen LogP contribution >= 0.6 is 15.9 Å². The number of esters is 1. The molecule has 0 spiro atoms. The van der Waals surface area contributed by atoms with Crippen LogP contribution in [0.2, 0.25) is 0 Å². The molecule has 0 radical (unpaired) electrons. The zero-order valence-corrected chi connectivity index (χ0v) is 17.3. The van der Waals surface area contributed by atoms with E-state index in [1.54, 1.807) is 12.1 Å². The number of nitro groups is 1. The molecule has 9 heteroatoms. The second-order valence-electron chi connectivity index (χ2n) is 7.29. The molecule has 1 aliphatic rings. The van der Waals surface area contributed by atoms with Crippen molar-refractivity contribution >= 4 is 38.5 Å². The van der Waals surface area contributed by atoms with Crippen molar-refractivity contribution in [3.63, 3.8) is 0 Å². The fraction of sp³-hybridized carbons (Fsp3) is 0.238. The first-order valence-electron chi connectivity index (χ1n) is 9.03. The number of carbonyl (C=O) groups excluding carboxylic acids is 1. The number of ether oxygens (including phenoxy) is 1. The van der Waals surface area contributed by atoms with E-state index in [9.17, 15) is 23.7 Å². The molecule has 1 saturated carbocycles. The van der Waals surface area contributed by atoms with E-state index < -0.39 is 22.1 Å². The molecule has 1 aliphatic carbocycles. The summed E-state index contributed by atoms with van der Waals surface area (Å²) in [6.45, 7) is 0. The van der Waals surface area contributed by atoms with Crippen molar-refractivity contribution in [3.8, 4) is 0 Å². The molecule has 1 fully saturated rings. The molecule has 4 rings (SSSR count). The molecule has 3 aromatic rings. The maximum absolute atomic E-state index is 14.0. The predicted molar refractivity (Wildman–Crippen MR) is 108 cm³/mol. The van der Waals surface area contributed by atoms with Crippen LogP contribution in [-0.2, 0) is 14.9 Å². The first-order chi connectivity index (χ1) is 14.3. The lowest BCUT2D eigenvalue weighted by atomic mass is 9.56. The molecular formula is C21H15BrF2N2O4. The largest absolute Gasteiger partial charge is 0.468 e. The minimum atomic E-state index is -1.30. The Balaban J connectivity index is 1.91. The summed E-state index contributed by atoms with van der Waals surface area (Å²) in [6.07, 6.45) is 1.52. The van der Waals surface area contributed by atoms with Gasteiger partial charge in [-0.1, -0.05) is 12.1 Å². The van der Waals surface area contributed by atoms with Crippen LogP contribution in [0.3, 0.4) is 0 Å². The van der Waals surface area contributed by atoms with E-state index in [4.69, 9.17) is 4.74 Å². The van der Waals surface area contributed by atoms with Gasteiger partial charge >= 0.3 is 5.97 Å². The molecular weight excluding hydrogens is 462 g/mol. The van der Waals surface area contributed by atoms with Crippen molar-refractivity contribution in [3.05, 3.63) is 79.9 Å². The summed E-state index contributed by atoms with van der Waals surface area (Å²) in [4.78, 5) is 28.1. The van der Waals surface area contributed by atoms with E-state index in [1.165, 1.54) is 25.3 Å². The highest BCUT2D eigenvalue weighted by Gasteiger charge is 2.56. The van der Waals surface area contributed by atoms with Crippen LogP contribution in [0.1, 0.15) is 29.9 Å². The molecule has 30 heavy (non-hydrogen) atoms. The van der Waals surface area contributed by atoms with Gasteiger partial charge in [0.05, 0.1) is 27.6 Å². The fourth-order valence-electron chi connectivity index (χ4n) is 4.24. The van der Waals surface area contributed by atoms with Gasteiger partial charge in [0.2, 0.25) is 0 Å². The first-order valence-corrected chi connectivity index (χ1v) is 9.82. The number of pyridine rings is 1. The van der Waals surface area contributed by atoms with Crippen molar-refractivity contribution in [2.45, 2.75) is 24.2 Å². The minimum Gasteiger partial charge on any atom is -0.468 e. The Morgan fingerprint density at radius 3 is 2.53 bits per heavy atom. The summed E-state index contributed by atoms with van der Waals surface area (Å²) in [5.74, 6) is -1.67. The molecule has 1 aromatic heterocycles. The second-order valence-corrected chi connectivity index (χ2v) is 8.14. The summed E-state index contributed by atoms with van der Waals surface area (Å²) in [7, 11) is 1.22. The van der Waals surface area contributed by atoms with Gasteiger partial charge in [-0.2, -0.15) is 0 Å². The molecule has 0 N–H and O–H groups in total. The molecule has 0 saturated heterocycles. The number of carbonyl (C=O) groups is 1. The van der Waals surface area contributed by atoms with E-state index in [-0.39, 0.29) is 45.8 Å². The Bertz CT molecular complexity index is 1180. The fourth-order valence-corrected chi connectivity index (χ4v) is 4.58. The van der Waals surface area contributed by atoms with E-state index in [1.807, 2.05) is 0 Å². The van der Waals surface area contributed by atoms with E-state index in [0.717, 1.165) is 17.8 Å². The van der Waals surface area contributed by atoms with Gasteiger partial charge in [0.1, 0.15) is 23.2 Å². The van der Waals surface area contributed by atoms with Crippen molar-refractivity contribution < 1.29 is 23.2 Å². The van der Waals surface area contributed by atoms with Gasteiger partial charge in [-0.05, 0) is 58.5 Å². The monoisotopic (exact) mass is 476 g/mol. The zero-order chi connectivity index (χ0) is 21.6. The third kappa shape index (κ3) is 3.13. The molecule has 0 unspecified atom stereocenters. The Hall–Kier alpha value is -2.94. The van der Waals surface area contributed by atoms with Crippen LogP contribution in [0.25, 0.3) is 10.9 Å². The van der Waals surface area contributed by atoms with Gasteiger partial charge in [0.25, 0.3) is 5.69 Å². The van der Waals surface area contributed by atoms with E-state index in [0.29, 0.717) is 5.39 Å². The van der Waals surface area contributed by atoms with Gasteiger partial charge in [-0.3, -0.25) is 14.9 Å². The molecule has 6 nitrogen and oxygen atoms in total. The molecule has 154 valence electrons. The summed E-state index contributed by atoms with van der Waals surface area (Å²) in [5, 5.41) is 12.1. The standard InChI is InChI=1S/C21H15BrF2N2O4/c1-30-20(27)21(8-12(9-21)11-2-4-13(23)5-3-11)19-14-6-15(22)16(24)7-17(14)25-10-18(19)26(28)29/h2-7,10,12H,8-9H2,1H3. The van der Waals surface area contributed by atoms with Crippen LogP contribution in [0, 0.1) is 21.7 Å². The lowest BCUT2D eigenvalue weighted by Crippen LogP contribution is -2.48. The third-order valence-electron chi connectivity index (χ3n) is 5.67. The highest BCUT2D eigenvalue weighted by atomic mass is 79.9. The maximum Gasteiger partial charge on any atom is 0.316 e. The molecule has 2 aromatic carbocycles. The van der Waals surface area contributed by atoms with Crippen LogP contribution < -0.4 is 0 Å². The number of benzene rings is 2. The highest BCUT2D eigenvalue weighted by molar-refractivity contribution is 9.10. The summed E-state index contributed by atoms with van der Waals surface area (Å²) in [6, 6.07) is 8.48. The van der Waals surface area contributed by atoms with Crippen LogP contribution in [0.4, 0.5) is 14.5 Å². The Kier molecular flexibility index (Phi) is 5.01. The second kappa shape index (κ2) is 7.39. The normalized spacial score (nSPS) is 20.6. The van der Waals surface area contributed by atoms with Crippen molar-refractivity contribution in [2.75, 3.05) is 7.11 Å². The number of hydrogen-bond donors (Lipinski definition) is 0. The van der Waals surface area contributed by atoms with Crippen molar-refractivity contribution in [1.29, 1.82) is 0 Å². The molecule has 0 atom stereocenters. The van der Waals surface area contributed by atoms with E-state index in [2.05, 4.69) is 20.9 Å². The number of fused-ring (bicyclic) bond motifs is 1. The number of aromatic nitrogens is 1. The van der Waals surface area contributed by atoms with Crippen LogP contribution in [-0.4, -0.2) is 23.0 Å². The molecule has 0 bridgehead atoms. The lowest BCUT2D eigenvalue weighted by Gasteiger charge is -2.45. The number of nitrogens with zero attached hydrogens (tertiary/aromatic N) is 2. The number of rotatable bonds is 4. The van der Waals surface area contributed by atoms with Crippen LogP contribution in [0.5, 0.6) is 0 Å². The van der Waals surface area contributed by atoms with Crippen molar-refractivity contribution in [2.24, 2.45) is 0 Å². The summed E-state index contributed by atoms with van der Waals surface area (Å²) in [5.41, 5.74) is -0.448. The quantitative estimate of drug-likeness (QED) is 0.294. The SMILES string of the molecule is COC(=O)C1(c2c([N+](=O)[O-])cnc3cc(F)c(Br)cc23)CC(c2ccc(F)cc2)C1. The Morgan fingerprint density at radius 1 is 1.27 bits per heavy atom. The summed E-state index contributed by atoms with van der Waals surface area (Å²) < 4.78 is 32.4. The minimum absolute atomic E-state index is 0.105. The number of hydrogen-bond acceptors (Lipinski definition) is 5. The lowest BCUT2D eigenvalue weighted by molar-refractivity contribution is -0.386. The molecule has 1 heterocycles. The molecule has 0 amide bonds. The van der Waals surface area contributed by atoms with Crippen molar-refractivity contribution in [1.82, 2.24) is 4.98 Å². The number of halogens is 3. The van der Waals surface area contributed by atoms with Crippen LogP contribution in [0.15, 0.2) is 47.1 Å². The van der Waals surface area contributed by atoms with Gasteiger partial charge in [-0.25, -0.2) is 13.8 Å². The van der Waals surface area contributed by atoms with E-state index >= 15 is 0 Å². The average Bonchev–Trinajstić information content (AvgIpc) is 2.69. The Labute approximate surface area is 178 Å². The number of methoxy groups -OCH3 is 1. The van der Waals surface area contributed by atoms with Gasteiger partial charge in [0.15, 0.2) is 0 Å². The third-order valence-corrected chi connectivity index (χ3v) is 6.28. The predicted octanol–water partition coefficient (Wildman–Crippen LogP) is 5.17. The smallest absolute Gasteiger partial charge is 0.316 e. The zero-order valence-electron chi connectivity index (χ0n) is 15.7. The highest BCUT2D eigenvalue weighted by Crippen LogP contribution is 2.56. The Morgan fingerprint density at radius 2 is 1.93 bits per heavy atom. The molecule has 0 aliphatic heterocycles. The summed E-state index contributed by atoms with van der Waals surface area (Å²) >= 11 is 3.10. The topological polar surface area (TPSA) is 82.3 Å². The average molecular weight is 477 g/mol.